The summed E-state index contributed by atoms with van der Waals surface area (Å²) in [6, 6.07) is 5.45. The van der Waals surface area contributed by atoms with Crippen LogP contribution in [-0.2, 0) is 19.1 Å². The fourth-order valence-electron chi connectivity index (χ4n) is 8.28. The molecule has 37 heavy (non-hydrogen) atoms. The number of hydrogen-bond donors (Lipinski definition) is 1. The van der Waals surface area contributed by atoms with Crippen molar-refractivity contribution in [1.82, 2.24) is 4.98 Å². The van der Waals surface area contributed by atoms with Crippen LogP contribution in [0.3, 0.4) is 0 Å². The number of nitriles is 1. The zero-order valence-electron chi connectivity index (χ0n) is 20.6. The van der Waals surface area contributed by atoms with Crippen LogP contribution in [-0.4, -0.2) is 45.1 Å². The molecule has 1 unspecified atom stereocenters. The van der Waals surface area contributed by atoms with Gasteiger partial charge in [-0.25, -0.2) is 9.37 Å². The first-order valence-corrected chi connectivity index (χ1v) is 13.4. The lowest BCUT2D eigenvalue weighted by Crippen LogP contribution is -2.69. The largest absolute Gasteiger partial charge is 0.390 e. The fourth-order valence-corrected chi connectivity index (χ4v) is 8.66. The van der Waals surface area contributed by atoms with E-state index in [1.807, 2.05) is 19.1 Å². The van der Waals surface area contributed by atoms with Gasteiger partial charge in [-0.2, -0.15) is 5.26 Å². The Bertz CT molecular complexity index is 1310. The van der Waals surface area contributed by atoms with Crippen molar-refractivity contribution in [2.24, 2.45) is 22.7 Å². The van der Waals surface area contributed by atoms with Gasteiger partial charge in [-0.05, 0) is 66.2 Å². The minimum atomic E-state index is -2.02. The number of Topliss-reactive ketones (excluding diaryl/α,β-unsaturated/α-hetero) is 1. The summed E-state index contributed by atoms with van der Waals surface area (Å²) in [5, 5.41) is 21.0. The van der Waals surface area contributed by atoms with Crippen LogP contribution in [0, 0.1) is 34.0 Å². The Kier molecular flexibility index (Phi) is 5.50. The fraction of sp³-hybridized carbons (Fsp3) is 0.571. The van der Waals surface area contributed by atoms with Gasteiger partial charge in [0, 0.05) is 34.9 Å². The molecule has 5 aliphatic rings. The number of hydrogen-bond acceptors (Lipinski definition) is 7. The normalized spacial score (nSPS) is 45.8. The van der Waals surface area contributed by atoms with E-state index in [-0.39, 0.29) is 31.0 Å². The van der Waals surface area contributed by atoms with Crippen LogP contribution in [0.5, 0.6) is 0 Å². The molecule has 0 bridgehead atoms. The number of alkyl halides is 1. The average Bonchev–Trinajstić information content (AvgIpc) is 3.35. The lowest BCUT2D eigenvalue weighted by Gasteiger charge is -2.62. The molecular formula is C28H28BrFN2O5. The number of carbonyl (C=O) groups is 2. The Morgan fingerprint density at radius 3 is 2.89 bits per heavy atom. The summed E-state index contributed by atoms with van der Waals surface area (Å²) in [5.41, 5.74) is -4.25. The summed E-state index contributed by atoms with van der Waals surface area (Å²) in [6.07, 6.45) is 4.06. The Morgan fingerprint density at radius 2 is 2.16 bits per heavy atom. The number of carbonyl (C=O) groups excluding carboxylic acids is 2. The number of pyridine rings is 1. The second kappa shape index (κ2) is 8.12. The van der Waals surface area contributed by atoms with E-state index in [1.54, 1.807) is 31.3 Å². The van der Waals surface area contributed by atoms with Gasteiger partial charge in [0.25, 0.3) is 0 Å². The zero-order valence-corrected chi connectivity index (χ0v) is 22.2. The summed E-state index contributed by atoms with van der Waals surface area (Å²) in [5.74, 6) is -1.45. The van der Waals surface area contributed by atoms with Crippen LogP contribution in [0.1, 0.15) is 57.8 Å². The zero-order chi connectivity index (χ0) is 26.4. The molecule has 9 heteroatoms. The van der Waals surface area contributed by atoms with Crippen molar-refractivity contribution in [3.63, 3.8) is 0 Å². The van der Waals surface area contributed by atoms with Crippen molar-refractivity contribution in [1.29, 1.82) is 5.26 Å². The summed E-state index contributed by atoms with van der Waals surface area (Å²) >= 11 is 3.35. The van der Waals surface area contributed by atoms with Crippen molar-refractivity contribution < 1.29 is 28.6 Å². The number of halogens is 2. The van der Waals surface area contributed by atoms with E-state index < -0.39 is 52.3 Å². The molecule has 1 N–H and O–H groups in total. The molecule has 6 rings (SSSR count). The number of ketones is 2. The van der Waals surface area contributed by atoms with E-state index in [2.05, 4.69) is 20.9 Å². The smallest absolute Gasteiger partial charge is 0.185 e. The molecule has 0 aromatic carbocycles. The van der Waals surface area contributed by atoms with Crippen LogP contribution >= 0.6 is 15.9 Å². The molecule has 0 radical (unpaired) electrons. The SMILES string of the molecule is C[C@]12C=CC(=O)CC1=CC[C@H]1[C@@H]3C[C@H]4OC(c5ccnc(Br)c5)O[C@@]4(C(=O)CC#N)[C@@]3(C)C[C@H](O)[C@@]12F. The first kappa shape index (κ1) is 25.1. The van der Waals surface area contributed by atoms with E-state index in [0.717, 1.165) is 0 Å². The highest BCUT2D eigenvalue weighted by atomic mass is 79.9. The van der Waals surface area contributed by atoms with E-state index in [1.165, 1.54) is 6.08 Å². The summed E-state index contributed by atoms with van der Waals surface area (Å²) < 4.78 is 30.9. The monoisotopic (exact) mass is 570 g/mol. The van der Waals surface area contributed by atoms with E-state index in [9.17, 15) is 20.0 Å². The van der Waals surface area contributed by atoms with Gasteiger partial charge in [0.15, 0.2) is 29.1 Å². The molecule has 0 amide bonds. The first-order valence-electron chi connectivity index (χ1n) is 12.6. The lowest BCUT2D eigenvalue weighted by molar-refractivity contribution is -0.226. The Labute approximate surface area is 222 Å². The molecule has 194 valence electrons. The van der Waals surface area contributed by atoms with E-state index in [0.29, 0.717) is 28.6 Å². The standard InChI is InChI=1S/C28H28BrFN2O5/c1-25-8-5-17(33)12-16(25)3-4-18-19-13-22-28(20(34)6-9-31,26(19,2)14-21(35)27(18,25)30)37-24(36-22)15-7-10-32-23(29)11-15/h3,5,7-8,10-11,18-19,21-22,24,35H,4,6,12-14H2,1-2H3/t18-,19-,21-,22+,24?,25-,26-,27-,28+/m0/s1. The van der Waals surface area contributed by atoms with Crippen LogP contribution in [0.4, 0.5) is 4.39 Å². The van der Waals surface area contributed by atoms with E-state index >= 15 is 4.39 Å². The Hall–Kier alpha value is -2.25. The van der Waals surface area contributed by atoms with Gasteiger partial charge < -0.3 is 14.6 Å². The second-order valence-electron chi connectivity index (χ2n) is 11.5. The molecule has 3 fully saturated rings. The number of fused-ring (bicyclic) bond motifs is 7. The van der Waals surface area contributed by atoms with Crippen molar-refractivity contribution in [2.75, 3.05) is 0 Å². The van der Waals surface area contributed by atoms with Gasteiger partial charge in [-0.3, -0.25) is 9.59 Å². The molecule has 7 nitrogen and oxygen atoms in total. The maximum Gasteiger partial charge on any atom is 0.185 e. The maximum atomic E-state index is 17.4. The van der Waals surface area contributed by atoms with Crippen LogP contribution in [0.2, 0.25) is 0 Å². The summed E-state index contributed by atoms with van der Waals surface area (Å²) in [4.78, 5) is 30.0. The number of ether oxygens (including phenoxy) is 2. The number of rotatable bonds is 3. The lowest BCUT2D eigenvalue weighted by atomic mass is 9.45. The van der Waals surface area contributed by atoms with E-state index in [4.69, 9.17) is 9.47 Å². The van der Waals surface area contributed by atoms with Gasteiger partial charge in [0.2, 0.25) is 0 Å². The number of nitrogens with zero attached hydrogens (tertiary/aromatic N) is 2. The van der Waals surface area contributed by atoms with Crippen LogP contribution in [0.15, 0.2) is 46.7 Å². The van der Waals surface area contributed by atoms with Crippen molar-refractivity contribution >= 4 is 27.5 Å². The van der Waals surface area contributed by atoms with Gasteiger partial charge >= 0.3 is 0 Å². The first-order chi connectivity index (χ1) is 17.5. The van der Waals surface area contributed by atoms with Gasteiger partial charge in [0.1, 0.15) is 4.60 Å². The number of aliphatic hydroxyl groups is 1. The molecule has 1 aromatic heterocycles. The highest BCUT2D eigenvalue weighted by molar-refractivity contribution is 9.10. The highest BCUT2D eigenvalue weighted by Gasteiger charge is 2.79. The van der Waals surface area contributed by atoms with Gasteiger partial charge in [0.05, 0.1) is 24.7 Å². The number of aromatic nitrogens is 1. The topological polar surface area (TPSA) is 110 Å². The van der Waals surface area contributed by atoms with Crippen molar-refractivity contribution in [3.05, 3.63) is 52.3 Å². The molecule has 1 aliphatic heterocycles. The molecule has 0 spiro atoms. The minimum absolute atomic E-state index is 0.0287. The molecule has 1 aromatic rings. The molecule has 2 heterocycles. The summed E-state index contributed by atoms with van der Waals surface area (Å²) in [7, 11) is 0. The van der Waals surface area contributed by atoms with Gasteiger partial charge in [-0.15, -0.1) is 0 Å². The molecular weight excluding hydrogens is 543 g/mol. The third-order valence-corrected chi connectivity index (χ3v) is 10.5. The number of aliphatic hydroxyl groups excluding tert-OH is 1. The maximum absolute atomic E-state index is 17.4. The van der Waals surface area contributed by atoms with Gasteiger partial charge in [-0.1, -0.05) is 24.6 Å². The molecule has 1 saturated heterocycles. The number of allylic oxidation sites excluding steroid dienone is 4. The quantitative estimate of drug-likeness (QED) is 0.422. The van der Waals surface area contributed by atoms with Crippen molar-refractivity contribution in [2.45, 2.75) is 75.7 Å². The third-order valence-electron chi connectivity index (χ3n) is 10.0. The predicted molar refractivity (Wildman–Crippen MR) is 132 cm³/mol. The van der Waals surface area contributed by atoms with Crippen LogP contribution < -0.4 is 0 Å². The Balaban J connectivity index is 1.45. The summed E-state index contributed by atoms with van der Waals surface area (Å²) in [6.45, 7) is 3.64. The van der Waals surface area contributed by atoms with Crippen molar-refractivity contribution in [3.8, 4) is 6.07 Å². The Morgan fingerprint density at radius 1 is 1.38 bits per heavy atom. The second-order valence-corrected chi connectivity index (χ2v) is 12.3. The minimum Gasteiger partial charge on any atom is -0.390 e. The molecule has 4 aliphatic carbocycles. The molecule has 2 saturated carbocycles. The molecule has 9 atom stereocenters. The predicted octanol–water partition coefficient (Wildman–Crippen LogP) is 4.46. The van der Waals surface area contributed by atoms with Crippen LogP contribution in [0.25, 0.3) is 0 Å². The third kappa shape index (κ3) is 3.04. The average molecular weight is 571 g/mol. The highest BCUT2D eigenvalue weighted by Crippen LogP contribution is 2.72.